The van der Waals surface area contributed by atoms with Crippen LogP contribution < -0.4 is 5.32 Å². The van der Waals surface area contributed by atoms with Crippen molar-refractivity contribution < 1.29 is 0 Å². The van der Waals surface area contributed by atoms with E-state index in [1.54, 1.807) is 6.20 Å². The predicted octanol–water partition coefficient (Wildman–Crippen LogP) is 2.55. The third-order valence-electron chi connectivity index (χ3n) is 3.57. The van der Waals surface area contributed by atoms with Crippen LogP contribution in [-0.4, -0.2) is 35.6 Å². The van der Waals surface area contributed by atoms with Crippen molar-refractivity contribution in [3.8, 4) is 0 Å². The van der Waals surface area contributed by atoms with Crippen LogP contribution in [0.1, 0.15) is 25.8 Å². The Morgan fingerprint density at radius 3 is 3.11 bits per heavy atom. The molecular formula is C14H22ClN3. The van der Waals surface area contributed by atoms with Gasteiger partial charge in [0.25, 0.3) is 0 Å². The van der Waals surface area contributed by atoms with Crippen molar-refractivity contribution in [2.75, 3.05) is 19.6 Å². The van der Waals surface area contributed by atoms with Gasteiger partial charge in [-0.3, -0.25) is 9.88 Å². The minimum atomic E-state index is 0.577. The lowest BCUT2D eigenvalue weighted by Gasteiger charge is -2.27. The van der Waals surface area contributed by atoms with E-state index < -0.39 is 0 Å². The van der Waals surface area contributed by atoms with Gasteiger partial charge < -0.3 is 5.32 Å². The first kappa shape index (κ1) is 13.8. The van der Waals surface area contributed by atoms with Crippen LogP contribution in [0.3, 0.4) is 0 Å². The van der Waals surface area contributed by atoms with Gasteiger partial charge in [0.1, 0.15) is 0 Å². The molecule has 1 aromatic heterocycles. The number of nitrogens with zero attached hydrogens (tertiary/aromatic N) is 2. The summed E-state index contributed by atoms with van der Waals surface area (Å²) in [6.07, 6.45) is 4.75. The van der Waals surface area contributed by atoms with E-state index in [0.29, 0.717) is 12.0 Å². The Hall–Kier alpha value is -0.640. The molecule has 1 N–H and O–H groups in total. The van der Waals surface area contributed by atoms with Gasteiger partial charge in [-0.25, -0.2) is 0 Å². The fraction of sp³-hybridized carbons (Fsp3) is 0.643. The number of nitrogens with one attached hydrogen (secondary N) is 1. The zero-order valence-corrected chi connectivity index (χ0v) is 12.0. The molecule has 1 aliphatic heterocycles. The highest BCUT2D eigenvalue weighted by atomic mass is 35.5. The second-order valence-corrected chi connectivity index (χ2v) is 5.77. The zero-order valence-electron chi connectivity index (χ0n) is 11.2. The molecule has 1 saturated heterocycles. The second kappa shape index (κ2) is 6.50. The Morgan fingerprint density at radius 2 is 2.39 bits per heavy atom. The third kappa shape index (κ3) is 3.67. The van der Waals surface area contributed by atoms with E-state index in [1.807, 2.05) is 12.3 Å². The molecule has 0 bridgehead atoms. The fourth-order valence-electron chi connectivity index (χ4n) is 2.39. The molecule has 0 saturated carbocycles. The minimum Gasteiger partial charge on any atom is -0.312 e. The van der Waals surface area contributed by atoms with Crippen LogP contribution in [0.15, 0.2) is 18.5 Å². The molecule has 1 aromatic rings. The quantitative estimate of drug-likeness (QED) is 0.912. The van der Waals surface area contributed by atoms with Gasteiger partial charge in [-0.05, 0) is 37.1 Å². The van der Waals surface area contributed by atoms with Crippen LogP contribution in [0.5, 0.6) is 0 Å². The zero-order chi connectivity index (χ0) is 13.0. The number of pyridine rings is 1. The highest BCUT2D eigenvalue weighted by Crippen LogP contribution is 2.17. The third-order valence-corrected chi connectivity index (χ3v) is 3.91. The van der Waals surface area contributed by atoms with Crippen LogP contribution in [0, 0.1) is 5.92 Å². The van der Waals surface area contributed by atoms with Crippen molar-refractivity contribution in [2.24, 2.45) is 5.92 Å². The average Bonchev–Trinajstić information content (AvgIpc) is 2.58. The van der Waals surface area contributed by atoms with Crippen LogP contribution in [-0.2, 0) is 6.54 Å². The summed E-state index contributed by atoms with van der Waals surface area (Å²) in [5.74, 6) is 0.665. The Labute approximate surface area is 115 Å². The van der Waals surface area contributed by atoms with Gasteiger partial charge in [0, 0.05) is 31.5 Å². The number of hydrogen-bond acceptors (Lipinski definition) is 3. The number of hydrogen-bond donors (Lipinski definition) is 1. The molecule has 4 heteroatoms. The van der Waals surface area contributed by atoms with Crippen LogP contribution in [0.4, 0.5) is 0 Å². The molecule has 1 atom stereocenters. The lowest BCUT2D eigenvalue weighted by Crippen LogP contribution is -2.41. The van der Waals surface area contributed by atoms with Gasteiger partial charge in [0.15, 0.2) is 0 Å². The lowest BCUT2D eigenvalue weighted by atomic mass is 10.0. The Balaban J connectivity index is 2.01. The SMILES string of the molecule is CC(C)C1CN(Cc2ccncc2Cl)CCCN1. The van der Waals surface area contributed by atoms with Crippen molar-refractivity contribution in [3.05, 3.63) is 29.0 Å². The van der Waals surface area contributed by atoms with Gasteiger partial charge in [-0.2, -0.15) is 0 Å². The van der Waals surface area contributed by atoms with E-state index in [0.717, 1.165) is 31.2 Å². The first-order chi connectivity index (χ1) is 8.66. The minimum absolute atomic E-state index is 0.577. The summed E-state index contributed by atoms with van der Waals surface area (Å²) in [5.41, 5.74) is 1.18. The molecule has 1 unspecified atom stereocenters. The smallest absolute Gasteiger partial charge is 0.0634 e. The van der Waals surface area contributed by atoms with Gasteiger partial charge >= 0.3 is 0 Å². The summed E-state index contributed by atoms with van der Waals surface area (Å²) >= 11 is 6.18. The van der Waals surface area contributed by atoms with Crippen LogP contribution >= 0.6 is 11.6 Å². The molecule has 1 fully saturated rings. The van der Waals surface area contributed by atoms with E-state index in [9.17, 15) is 0 Å². The van der Waals surface area contributed by atoms with Crippen LogP contribution in [0.25, 0.3) is 0 Å². The van der Waals surface area contributed by atoms with Crippen molar-refractivity contribution in [2.45, 2.75) is 32.9 Å². The first-order valence-corrected chi connectivity index (χ1v) is 7.08. The molecular weight excluding hydrogens is 246 g/mol. The Kier molecular flexibility index (Phi) is 4.98. The van der Waals surface area contributed by atoms with E-state index in [2.05, 4.69) is 29.0 Å². The summed E-state index contributed by atoms with van der Waals surface area (Å²) in [6.45, 7) is 8.82. The van der Waals surface area contributed by atoms with Gasteiger partial charge in [0.05, 0.1) is 5.02 Å². The molecule has 0 aliphatic carbocycles. The summed E-state index contributed by atoms with van der Waals surface area (Å²) in [4.78, 5) is 6.53. The highest BCUT2D eigenvalue weighted by Gasteiger charge is 2.20. The van der Waals surface area contributed by atoms with Crippen molar-refractivity contribution >= 4 is 11.6 Å². The molecule has 0 aromatic carbocycles. The molecule has 0 radical (unpaired) electrons. The predicted molar refractivity (Wildman–Crippen MR) is 75.8 cm³/mol. The standard InChI is InChI=1S/C14H22ClN3/c1-11(2)14-10-18(7-3-5-17-14)9-12-4-6-16-8-13(12)15/h4,6,8,11,14,17H,3,5,7,9-10H2,1-2H3. The van der Waals surface area contributed by atoms with E-state index in [4.69, 9.17) is 11.6 Å². The Morgan fingerprint density at radius 1 is 1.56 bits per heavy atom. The number of halogens is 1. The first-order valence-electron chi connectivity index (χ1n) is 6.71. The molecule has 3 nitrogen and oxygen atoms in total. The molecule has 1 aliphatic rings. The monoisotopic (exact) mass is 267 g/mol. The van der Waals surface area contributed by atoms with Crippen molar-refractivity contribution in [3.63, 3.8) is 0 Å². The van der Waals surface area contributed by atoms with E-state index in [1.165, 1.54) is 12.0 Å². The topological polar surface area (TPSA) is 28.2 Å². The van der Waals surface area contributed by atoms with E-state index >= 15 is 0 Å². The lowest BCUT2D eigenvalue weighted by molar-refractivity contribution is 0.238. The largest absolute Gasteiger partial charge is 0.312 e. The summed E-state index contributed by atoms with van der Waals surface area (Å²) < 4.78 is 0. The molecule has 2 heterocycles. The van der Waals surface area contributed by atoms with Gasteiger partial charge in [0.2, 0.25) is 0 Å². The molecule has 100 valence electrons. The molecule has 0 spiro atoms. The maximum atomic E-state index is 6.18. The van der Waals surface area contributed by atoms with E-state index in [-0.39, 0.29) is 0 Å². The maximum Gasteiger partial charge on any atom is 0.0634 e. The highest BCUT2D eigenvalue weighted by molar-refractivity contribution is 6.31. The maximum absolute atomic E-state index is 6.18. The van der Waals surface area contributed by atoms with Crippen molar-refractivity contribution in [1.82, 2.24) is 15.2 Å². The summed E-state index contributed by atoms with van der Waals surface area (Å²) in [5, 5.41) is 4.40. The summed E-state index contributed by atoms with van der Waals surface area (Å²) in [7, 11) is 0. The van der Waals surface area contributed by atoms with Crippen molar-refractivity contribution in [1.29, 1.82) is 0 Å². The average molecular weight is 268 g/mol. The normalized spacial score (nSPS) is 22.1. The van der Waals surface area contributed by atoms with Gasteiger partial charge in [-0.15, -0.1) is 0 Å². The van der Waals surface area contributed by atoms with Gasteiger partial charge in [-0.1, -0.05) is 25.4 Å². The Bertz CT molecular complexity index is 381. The molecule has 0 amide bonds. The molecule has 18 heavy (non-hydrogen) atoms. The number of aromatic nitrogens is 1. The second-order valence-electron chi connectivity index (χ2n) is 5.36. The summed E-state index contributed by atoms with van der Waals surface area (Å²) in [6, 6.07) is 2.60. The fourth-order valence-corrected chi connectivity index (χ4v) is 2.57. The number of rotatable bonds is 3. The van der Waals surface area contributed by atoms with Crippen LogP contribution in [0.2, 0.25) is 5.02 Å². The molecule has 2 rings (SSSR count).